The van der Waals surface area contributed by atoms with Crippen LogP contribution >= 0.6 is 0 Å². The van der Waals surface area contributed by atoms with E-state index in [1.165, 1.54) is 0 Å². The highest BCUT2D eigenvalue weighted by atomic mass is 32.2. The number of hydrogen-bond acceptors (Lipinski definition) is 8. The monoisotopic (exact) mass is 427 g/mol. The summed E-state index contributed by atoms with van der Waals surface area (Å²) in [6, 6.07) is 5.70. The first-order valence-electron chi connectivity index (χ1n) is 9.83. The average molecular weight is 427 g/mol. The van der Waals surface area contributed by atoms with E-state index >= 15 is 0 Å². The van der Waals surface area contributed by atoms with Crippen LogP contribution in [0.5, 0.6) is 0 Å². The van der Waals surface area contributed by atoms with Gasteiger partial charge in [0.15, 0.2) is 15.9 Å². The number of morpholine rings is 1. The minimum atomic E-state index is -2.92. The van der Waals surface area contributed by atoms with E-state index in [1.54, 1.807) is 23.4 Å². The molecule has 156 valence electrons. The Bertz CT molecular complexity index is 1170. The summed E-state index contributed by atoms with van der Waals surface area (Å²) < 4.78 is 28.9. The minimum Gasteiger partial charge on any atom is -0.364 e. The molecule has 30 heavy (non-hydrogen) atoms. The van der Waals surface area contributed by atoms with Gasteiger partial charge in [0.2, 0.25) is 0 Å². The summed E-state index contributed by atoms with van der Waals surface area (Å²) in [6.45, 7) is 3.82. The number of anilines is 1. The molecule has 3 aliphatic rings. The van der Waals surface area contributed by atoms with Gasteiger partial charge in [-0.15, -0.1) is 0 Å². The van der Waals surface area contributed by atoms with Crippen molar-refractivity contribution in [2.75, 3.05) is 42.6 Å². The van der Waals surface area contributed by atoms with E-state index in [-0.39, 0.29) is 28.9 Å². The Hall–Kier alpha value is -2.77. The van der Waals surface area contributed by atoms with Gasteiger partial charge in [-0.1, -0.05) is 0 Å². The standard InChI is InChI=1S/C20H21N5O4S/c1-13-7-24(15-3-2-14(6-21)17-18(15)23-5-4-22-17)8-16(29-13)19(26)25-9-20(10-25)11-30(27,28)12-20/h2-5,13,16H,7-12H2,1H3/t13-,16-/m1/s1. The number of rotatable bonds is 2. The molecule has 0 N–H and O–H groups in total. The van der Waals surface area contributed by atoms with Gasteiger partial charge in [-0.05, 0) is 19.1 Å². The van der Waals surface area contributed by atoms with Crippen molar-refractivity contribution in [3.63, 3.8) is 0 Å². The lowest BCUT2D eigenvalue weighted by atomic mass is 9.82. The van der Waals surface area contributed by atoms with E-state index in [0.717, 1.165) is 5.69 Å². The molecule has 3 saturated heterocycles. The number of carbonyl (C=O) groups is 1. The molecule has 0 radical (unpaired) electrons. The van der Waals surface area contributed by atoms with Crippen LogP contribution in [0.25, 0.3) is 11.0 Å². The smallest absolute Gasteiger partial charge is 0.253 e. The second-order valence-electron chi connectivity index (χ2n) is 8.56. The van der Waals surface area contributed by atoms with Gasteiger partial charge in [-0.2, -0.15) is 5.26 Å². The maximum Gasteiger partial charge on any atom is 0.253 e. The Morgan fingerprint density at radius 1 is 1.20 bits per heavy atom. The van der Waals surface area contributed by atoms with E-state index < -0.39 is 15.9 Å². The molecule has 3 aliphatic heterocycles. The number of hydrogen-bond donors (Lipinski definition) is 0. The van der Waals surface area contributed by atoms with Crippen LogP contribution in [0.3, 0.4) is 0 Å². The van der Waals surface area contributed by atoms with E-state index in [1.807, 2.05) is 13.0 Å². The third kappa shape index (κ3) is 3.09. The third-order valence-corrected chi connectivity index (χ3v) is 8.12. The Labute approximate surface area is 174 Å². The van der Waals surface area contributed by atoms with Crippen LogP contribution < -0.4 is 4.90 Å². The Kier molecular flexibility index (Phi) is 4.24. The Morgan fingerprint density at radius 2 is 1.90 bits per heavy atom. The molecule has 1 aromatic carbocycles. The first kappa shape index (κ1) is 19.2. The number of amides is 1. The molecule has 1 amide bonds. The molecule has 5 rings (SSSR count). The fourth-order valence-electron chi connectivity index (χ4n) is 4.87. The molecule has 0 bridgehead atoms. The maximum absolute atomic E-state index is 13.0. The average Bonchev–Trinajstić information content (AvgIpc) is 2.68. The van der Waals surface area contributed by atoms with Crippen molar-refractivity contribution in [1.29, 1.82) is 5.26 Å². The summed E-state index contributed by atoms with van der Waals surface area (Å²) >= 11 is 0. The Balaban J connectivity index is 1.36. The van der Waals surface area contributed by atoms with Crippen LogP contribution in [0, 0.1) is 16.7 Å². The zero-order valence-electron chi connectivity index (χ0n) is 16.5. The number of nitriles is 1. The number of sulfone groups is 1. The lowest BCUT2D eigenvalue weighted by Crippen LogP contribution is -2.71. The van der Waals surface area contributed by atoms with Crippen LogP contribution in [-0.2, 0) is 19.4 Å². The highest BCUT2D eigenvalue weighted by Crippen LogP contribution is 2.42. The number of likely N-dealkylation sites (tertiary alicyclic amines) is 1. The van der Waals surface area contributed by atoms with Gasteiger partial charge in [0.05, 0.1) is 35.4 Å². The molecule has 0 unspecified atom stereocenters. The molecule has 3 fully saturated rings. The normalized spacial score (nSPS) is 26.7. The first-order valence-corrected chi connectivity index (χ1v) is 11.6. The summed E-state index contributed by atoms with van der Waals surface area (Å²) in [6.07, 6.45) is 2.34. The first-order chi connectivity index (χ1) is 14.3. The molecule has 9 nitrogen and oxygen atoms in total. The zero-order valence-corrected chi connectivity index (χ0v) is 17.3. The molecule has 2 aromatic rings. The number of ether oxygens (including phenoxy) is 1. The fraction of sp³-hybridized carbons (Fsp3) is 0.500. The van der Waals surface area contributed by atoms with Crippen molar-refractivity contribution < 1.29 is 17.9 Å². The van der Waals surface area contributed by atoms with Gasteiger partial charge in [0, 0.05) is 37.4 Å². The quantitative estimate of drug-likeness (QED) is 0.674. The van der Waals surface area contributed by atoms with Crippen molar-refractivity contribution in [3.8, 4) is 6.07 Å². The van der Waals surface area contributed by atoms with Crippen LogP contribution in [0.1, 0.15) is 12.5 Å². The number of aromatic nitrogens is 2. The van der Waals surface area contributed by atoms with Gasteiger partial charge in [0.25, 0.3) is 5.91 Å². The van der Waals surface area contributed by atoms with Gasteiger partial charge < -0.3 is 14.5 Å². The van der Waals surface area contributed by atoms with Crippen molar-refractivity contribution in [3.05, 3.63) is 30.1 Å². The third-order valence-electron chi connectivity index (χ3n) is 6.02. The number of nitrogens with zero attached hydrogens (tertiary/aromatic N) is 5. The maximum atomic E-state index is 13.0. The lowest BCUT2D eigenvalue weighted by molar-refractivity contribution is -0.158. The lowest BCUT2D eigenvalue weighted by Gasteiger charge is -2.55. The van der Waals surface area contributed by atoms with Gasteiger partial charge in [-0.25, -0.2) is 8.42 Å². The zero-order chi connectivity index (χ0) is 21.1. The highest BCUT2D eigenvalue weighted by Gasteiger charge is 2.57. The van der Waals surface area contributed by atoms with Crippen LogP contribution in [0.4, 0.5) is 5.69 Å². The van der Waals surface area contributed by atoms with E-state index in [0.29, 0.717) is 42.8 Å². The van der Waals surface area contributed by atoms with Gasteiger partial charge in [-0.3, -0.25) is 14.8 Å². The van der Waals surface area contributed by atoms with Crippen molar-refractivity contribution in [2.45, 2.75) is 19.1 Å². The van der Waals surface area contributed by atoms with Crippen LogP contribution in [0.2, 0.25) is 0 Å². The second-order valence-corrected chi connectivity index (χ2v) is 10.6. The molecule has 1 aromatic heterocycles. The van der Waals surface area contributed by atoms with Crippen molar-refractivity contribution in [1.82, 2.24) is 14.9 Å². The van der Waals surface area contributed by atoms with Gasteiger partial charge >= 0.3 is 0 Å². The molecule has 0 aliphatic carbocycles. The summed E-state index contributed by atoms with van der Waals surface area (Å²) in [5.41, 5.74) is 2.19. The predicted molar refractivity (Wildman–Crippen MR) is 108 cm³/mol. The summed E-state index contributed by atoms with van der Waals surface area (Å²) in [4.78, 5) is 25.5. The SMILES string of the molecule is C[C@@H]1CN(c2ccc(C#N)c3nccnc23)C[C@H](C(=O)N2CC3(C2)CS(=O)(=O)C3)O1. The van der Waals surface area contributed by atoms with Gasteiger partial charge in [0.1, 0.15) is 17.1 Å². The molecule has 1 spiro atoms. The van der Waals surface area contributed by atoms with E-state index in [9.17, 15) is 18.5 Å². The minimum absolute atomic E-state index is 0.106. The summed E-state index contributed by atoms with van der Waals surface area (Å²) in [5, 5.41) is 9.35. The van der Waals surface area contributed by atoms with Crippen LogP contribution in [0.15, 0.2) is 24.5 Å². The fourth-order valence-corrected chi connectivity index (χ4v) is 7.02. The topological polar surface area (TPSA) is 116 Å². The summed E-state index contributed by atoms with van der Waals surface area (Å²) in [5.74, 6) is 0.243. The molecular formula is C20H21N5O4S. The van der Waals surface area contributed by atoms with E-state index in [2.05, 4.69) is 20.9 Å². The Morgan fingerprint density at radius 3 is 2.57 bits per heavy atom. The predicted octanol–water partition coefficient (Wildman–Crippen LogP) is 0.352. The van der Waals surface area contributed by atoms with Crippen molar-refractivity contribution in [2.24, 2.45) is 5.41 Å². The van der Waals surface area contributed by atoms with E-state index in [4.69, 9.17) is 4.74 Å². The number of carbonyl (C=O) groups excluding carboxylic acids is 1. The number of fused-ring (bicyclic) bond motifs is 1. The number of benzene rings is 1. The molecule has 4 heterocycles. The largest absolute Gasteiger partial charge is 0.364 e. The van der Waals surface area contributed by atoms with Crippen LogP contribution in [-0.4, -0.2) is 79.1 Å². The second kappa shape index (κ2) is 6.62. The highest BCUT2D eigenvalue weighted by molar-refractivity contribution is 7.92. The molecular weight excluding hydrogens is 406 g/mol. The van der Waals surface area contributed by atoms with Crippen molar-refractivity contribution >= 4 is 32.5 Å². The molecule has 10 heteroatoms. The summed E-state index contributed by atoms with van der Waals surface area (Å²) in [7, 11) is -2.92. The molecule has 0 saturated carbocycles. The molecule has 2 atom stereocenters.